The van der Waals surface area contributed by atoms with E-state index in [2.05, 4.69) is 15.3 Å². The van der Waals surface area contributed by atoms with Gasteiger partial charge in [-0.25, -0.2) is 9.59 Å². The number of amides is 1. The lowest BCUT2D eigenvalue weighted by Crippen LogP contribution is -2.44. The number of carboxylic acids is 1. The molecule has 116 valence electrons. The highest BCUT2D eigenvalue weighted by Gasteiger charge is 2.24. The maximum Gasteiger partial charge on any atom is 0.346 e. The lowest BCUT2D eigenvalue weighted by Gasteiger charge is -2.23. The fourth-order valence-corrected chi connectivity index (χ4v) is 2.58. The Bertz CT molecular complexity index is 619. The molecule has 0 fully saturated rings. The molecule has 1 atom stereocenters. The fourth-order valence-electron chi connectivity index (χ4n) is 1.59. The van der Waals surface area contributed by atoms with Gasteiger partial charge in [0.2, 0.25) is 5.91 Å². The standard InChI is InChI=1S/C13H19N3O4S/c1-6-8(11(18)19)10(15-12(20)14-6)21-7(2)9(17)16-13(3,4)5/h7H,1-5H3,(H,16,17)(H,18,19)(H,14,15,20). The van der Waals surface area contributed by atoms with Crippen LogP contribution in [0, 0.1) is 6.92 Å². The maximum absolute atomic E-state index is 12.0. The van der Waals surface area contributed by atoms with E-state index < -0.39 is 16.9 Å². The van der Waals surface area contributed by atoms with Crippen LogP contribution >= 0.6 is 11.8 Å². The minimum absolute atomic E-state index is 0.0420. The van der Waals surface area contributed by atoms with Gasteiger partial charge in [0, 0.05) is 11.2 Å². The molecule has 1 unspecified atom stereocenters. The summed E-state index contributed by atoms with van der Waals surface area (Å²) in [5, 5.41) is 11.5. The Morgan fingerprint density at radius 2 is 1.95 bits per heavy atom. The van der Waals surface area contributed by atoms with Crippen LogP contribution in [0.4, 0.5) is 0 Å². The first-order valence-electron chi connectivity index (χ1n) is 6.34. The number of carboxylic acid groups (broad SMARTS) is 1. The largest absolute Gasteiger partial charge is 0.478 e. The lowest BCUT2D eigenvalue weighted by atomic mass is 10.1. The number of thioether (sulfide) groups is 1. The normalized spacial score (nSPS) is 12.8. The number of nitrogens with one attached hydrogen (secondary N) is 2. The number of aromatic amines is 1. The van der Waals surface area contributed by atoms with E-state index in [4.69, 9.17) is 0 Å². The number of H-pyrrole nitrogens is 1. The number of hydrogen-bond donors (Lipinski definition) is 3. The van der Waals surface area contributed by atoms with Gasteiger partial charge in [0.25, 0.3) is 0 Å². The number of hydrogen-bond acceptors (Lipinski definition) is 5. The van der Waals surface area contributed by atoms with Gasteiger partial charge in [0.15, 0.2) is 0 Å². The van der Waals surface area contributed by atoms with Gasteiger partial charge in [-0.3, -0.25) is 4.79 Å². The Hall–Kier alpha value is -1.83. The highest BCUT2D eigenvalue weighted by molar-refractivity contribution is 8.00. The van der Waals surface area contributed by atoms with Crippen molar-refractivity contribution in [1.82, 2.24) is 15.3 Å². The molecular formula is C13H19N3O4S. The molecule has 8 heteroatoms. The van der Waals surface area contributed by atoms with Crippen LogP contribution in [-0.2, 0) is 4.79 Å². The predicted molar refractivity (Wildman–Crippen MR) is 79.8 cm³/mol. The molecule has 3 N–H and O–H groups in total. The van der Waals surface area contributed by atoms with Crippen molar-refractivity contribution in [3.8, 4) is 0 Å². The van der Waals surface area contributed by atoms with E-state index in [-0.39, 0.29) is 27.7 Å². The zero-order chi connectivity index (χ0) is 16.4. The van der Waals surface area contributed by atoms with Gasteiger partial charge in [-0.2, -0.15) is 4.98 Å². The molecular weight excluding hydrogens is 294 g/mol. The summed E-state index contributed by atoms with van der Waals surface area (Å²) in [6, 6.07) is 0. The van der Waals surface area contributed by atoms with Crippen molar-refractivity contribution >= 4 is 23.6 Å². The van der Waals surface area contributed by atoms with Gasteiger partial charge < -0.3 is 15.4 Å². The summed E-state index contributed by atoms with van der Waals surface area (Å²) in [5.41, 5.74) is -0.897. The Morgan fingerprint density at radius 1 is 1.38 bits per heavy atom. The summed E-state index contributed by atoms with van der Waals surface area (Å²) < 4.78 is 0. The average Bonchev–Trinajstić information content (AvgIpc) is 2.24. The van der Waals surface area contributed by atoms with Gasteiger partial charge in [-0.1, -0.05) is 11.8 Å². The summed E-state index contributed by atoms with van der Waals surface area (Å²) in [7, 11) is 0. The number of carbonyl (C=O) groups excluding carboxylic acids is 1. The molecule has 1 rings (SSSR count). The molecule has 1 amide bonds. The van der Waals surface area contributed by atoms with E-state index in [0.717, 1.165) is 11.8 Å². The minimum Gasteiger partial charge on any atom is -0.478 e. The molecule has 0 aliphatic rings. The molecule has 0 saturated carbocycles. The van der Waals surface area contributed by atoms with Crippen molar-refractivity contribution in [2.24, 2.45) is 0 Å². The lowest BCUT2D eigenvalue weighted by molar-refractivity contribution is -0.121. The minimum atomic E-state index is -1.19. The number of aromatic carboxylic acids is 1. The third kappa shape index (κ3) is 4.89. The molecule has 0 radical (unpaired) electrons. The van der Waals surface area contributed by atoms with E-state index >= 15 is 0 Å². The number of carbonyl (C=O) groups is 2. The number of aromatic nitrogens is 2. The summed E-state index contributed by atoms with van der Waals surface area (Å²) in [6.07, 6.45) is 0. The van der Waals surface area contributed by atoms with Crippen LogP contribution in [0.3, 0.4) is 0 Å². The first-order valence-corrected chi connectivity index (χ1v) is 7.22. The van der Waals surface area contributed by atoms with Gasteiger partial charge in [0.1, 0.15) is 10.6 Å². The summed E-state index contributed by atoms with van der Waals surface area (Å²) >= 11 is 0.952. The van der Waals surface area contributed by atoms with Crippen LogP contribution in [0.25, 0.3) is 0 Å². The smallest absolute Gasteiger partial charge is 0.346 e. The number of aryl methyl sites for hydroxylation is 1. The summed E-state index contributed by atoms with van der Waals surface area (Å²) in [4.78, 5) is 40.7. The van der Waals surface area contributed by atoms with Crippen LogP contribution in [0.2, 0.25) is 0 Å². The van der Waals surface area contributed by atoms with Crippen LogP contribution in [0.15, 0.2) is 9.82 Å². The van der Waals surface area contributed by atoms with Crippen molar-refractivity contribution < 1.29 is 14.7 Å². The molecule has 0 aromatic carbocycles. The number of rotatable bonds is 4. The van der Waals surface area contributed by atoms with Gasteiger partial charge in [-0.15, -0.1) is 0 Å². The van der Waals surface area contributed by atoms with E-state index in [0.29, 0.717) is 0 Å². The van der Waals surface area contributed by atoms with E-state index in [1.807, 2.05) is 20.8 Å². The number of nitrogens with zero attached hydrogens (tertiary/aromatic N) is 1. The van der Waals surface area contributed by atoms with Gasteiger partial charge >= 0.3 is 11.7 Å². The molecule has 0 aliphatic carbocycles. The second kappa shape index (κ2) is 6.30. The predicted octanol–water partition coefficient (Wildman–Crippen LogP) is 1.17. The van der Waals surface area contributed by atoms with Crippen LogP contribution in [0.5, 0.6) is 0 Å². The molecule has 1 heterocycles. The Morgan fingerprint density at radius 3 is 2.43 bits per heavy atom. The molecule has 0 bridgehead atoms. The van der Waals surface area contributed by atoms with Crippen molar-refractivity contribution in [1.29, 1.82) is 0 Å². The highest BCUT2D eigenvalue weighted by atomic mass is 32.2. The quantitative estimate of drug-likeness (QED) is 0.568. The van der Waals surface area contributed by atoms with Gasteiger partial charge in [0.05, 0.1) is 5.25 Å². The second-order valence-electron chi connectivity index (χ2n) is 5.65. The maximum atomic E-state index is 12.0. The molecule has 0 spiro atoms. The van der Waals surface area contributed by atoms with E-state index in [1.165, 1.54) is 6.92 Å². The van der Waals surface area contributed by atoms with E-state index in [9.17, 15) is 19.5 Å². The Labute approximate surface area is 126 Å². The monoisotopic (exact) mass is 313 g/mol. The third-order valence-electron chi connectivity index (χ3n) is 2.46. The Kier molecular flexibility index (Phi) is 5.16. The van der Waals surface area contributed by atoms with Crippen molar-refractivity contribution in [3.05, 3.63) is 21.7 Å². The summed E-state index contributed by atoms with van der Waals surface area (Å²) in [6.45, 7) is 8.66. The topological polar surface area (TPSA) is 112 Å². The van der Waals surface area contributed by atoms with Crippen molar-refractivity contribution in [3.63, 3.8) is 0 Å². The average molecular weight is 313 g/mol. The Balaban J connectivity index is 3.05. The SMILES string of the molecule is Cc1[nH]c(=O)nc(SC(C)C(=O)NC(C)(C)C)c1C(=O)O. The zero-order valence-electron chi connectivity index (χ0n) is 12.6. The zero-order valence-corrected chi connectivity index (χ0v) is 13.4. The fraction of sp³-hybridized carbons (Fsp3) is 0.538. The first kappa shape index (κ1) is 17.2. The van der Waals surface area contributed by atoms with Crippen LogP contribution in [-0.4, -0.2) is 37.7 Å². The van der Waals surface area contributed by atoms with Crippen molar-refractivity contribution in [2.45, 2.75) is 50.4 Å². The molecule has 0 saturated heterocycles. The highest BCUT2D eigenvalue weighted by Crippen LogP contribution is 2.25. The first-order chi connectivity index (χ1) is 9.51. The van der Waals surface area contributed by atoms with Gasteiger partial charge in [-0.05, 0) is 34.6 Å². The third-order valence-corrected chi connectivity index (χ3v) is 3.54. The molecule has 21 heavy (non-hydrogen) atoms. The molecule has 1 aromatic rings. The van der Waals surface area contributed by atoms with Crippen molar-refractivity contribution in [2.75, 3.05) is 0 Å². The molecule has 1 aromatic heterocycles. The second-order valence-corrected chi connectivity index (χ2v) is 6.98. The van der Waals surface area contributed by atoms with Crippen LogP contribution in [0.1, 0.15) is 43.7 Å². The van der Waals surface area contributed by atoms with Crippen LogP contribution < -0.4 is 11.0 Å². The van der Waals surface area contributed by atoms with E-state index in [1.54, 1.807) is 6.92 Å². The molecule has 7 nitrogen and oxygen atoms in total. The molecule has 0 aliphatic heterocycles. The summed E-state index contributed by atoms with van der Waals surface area (Å²) in [5.74, 6) is -1.44.